The third-order valence-corrected chi connectivity index (χ3v) is 3.80. The van der Waals surface area contributed by atoms with E-state index in [1.165, 1.54) is 0 Å². The first-order valence-corrected chi connectivity index (χ1v) is 5.22. The molecule has 0 amide bonds. The van der Waals surface area contributed by atoms with Crippen LogP contribution in [0.5, 0.6) is 0 Å². The summed E-state index contributed by atoms with van der Waals surface area (Å²) in [6, 6.07) is 0.865. The first-order valence-electron chi connectivity index (χ1n) is 4.42. The Labute approximate surface area is 104 Å². The van der Waals surface area contributed by atoms with Crippen molar-refractivity contribution in [1.29, 1.82) is 0 Å². The Kier molecular flexibility index (Phi) is 2.77. The summed E-state index contributed by atoms with van der Waals surface area (Å²) in [5.41, 5.74) is -2.40. The van der Waals surface area contributed by atoms with Gasteiger partial charge in [-0.3, -0.25) is 0 Å². The number of allylic oxidation sites excluding steroid dienone is 1. The standard InChI is InChI=1S/C10H2BrF7/c11-9(10(16,17)18)3-1-2-4(12)6(13)5(3)7(14)8(9)15/h1-2H. The second-order valence-corrected chi connectivity index (χ2v) is 4.76. The van der Waals surface area contributed by atoms with Gasteiger partial charge in [0.05, 0.1) is 5.56 Å². The number of fused-ring (bicyclic) bond motifs is 1. The molecule has 8 heteroatoms. The predicted molar refractivity (Wildman–Crippen MR) is 52.2 cm³/mol. The zero-order valence-corrected chi connectivity index (χ0v) is 9.76. The molecule has 0 aromatic heterocycles. The van der Waals surface area contributed by atoms with Crippen molar-refractivity contribution in [2.24, 2.45) is 0 Å². The zero-order valence-electron chi connectivity index (χ0n) is 8.18. The van der Waals surface area contributed by atoms with E-state index in [1.807, 2.05) is 15.9 Å². The Morgan fingerprint density at radius 2 is 1.56 bits per heavy atom. The zero-order chi connectivity index (χ0) is 13.9. The van der Waals surface area contributed by atoms with Crippen LogP contribution in [0.1, 0.15) is 11.1 Å². The van der Waals surface area contributed by atoms with Crippen LogP contribution in [0, 0.1) is 11.6 Å². The van der Waals surface area contributed by atoms with E-state index in [0.29, 0.717) is 12.1 Å². The number of benzene rings is 1. The van der Waals surface area contributed by atoms with Crippen molar-refractivity contribution in [3.05, 3.63) is 40.7 Å². The first kappa shape index (κ1) is 13.4. The molecule has 18 heavy (non-hydrogen) atoms. The van der Waals surface area contributed by atoms with Crippen LogP contribution in [0.2, 0.25) is 0 Å². The van der Waals surface area contributed by atoms with Gasteiger partial charge in [-0.1, -0.05) is 22.0 Å². The van der Waals surface area contributed by atoms with E-state index >= 15 is 0 Å². The van der Waals surface area contributed by atoms with Gasteiger partial charge in [0, 0.05) is 0 Å². The molecule has 1 aliphatic rings. The summed E-state index contributed by atoms with van der Waals surface area (Å²) in [7, 11) is 0. The van der Waals surface area contributed by atoms with Gasteiger partial charge in [0.2, 0.25) is 4.32 Å². The van der Waals surface area contributed by atoms with E-state index in [4.69, 9.17) is 0 Å². The molecule has 1 aromatic rings. The SMILES string of the molecule is FC1=C(F)C(Br)(C(F)(F)F)c2ccc(F)c(F)c21. The van der Waals surface area contributed by atoms with Crippen LogP contribution in [0.25, 0.3) is 5.83 Å². The highest BCUT2D eigenvalue weighted by Crippen LogP contribution is 2.60. The van der Waals surface area contributed by atoms with E-state index in [9.17, 15) is 30.7 Å². The van der Waals surface area contributed by atoms with Crippen LogP contribution in [0.15, 0.2) is 18.0 Å². The molecule has 0 spiro atoms. The topological polar surface area (TPSA) is 0 Å². The summed E-state index contributed by atoms with van der Waals surface area (Å²) in [5, 5.41) is 0. The van der Waals surface area contributed by atoms with E-state index in [-0.39, 0.29) is 0 Å². The third-order valence-electron chi connectivity index (χ3n) is 2.57. The Bertz CT molecular complexity index is 560. The summed E-state index contributed by atoms with van der Waals surface area (Å²) in [6.07, 6.45) is -5.25. The molecule has 1 atom stereocenters. The Morgan fingerprint density at radius 1 is 1.00 bits per heavy atom. The molecule has 0 N–H and O–H groups in total. The molecule has 0 fully saturated rings. The number of alkyl halides is 4. The smallest absolute Gasteiger partial charge is 0.206 e. The molecule has 1 unspecified atom stereocenters. The fourth-order valence-corrected chi connectivity index (χ4v) is 2.21. The van der Waals surface area contributed by atoms with Crippen molar-refractivity contribution in [2.75, 3.05) is 0 Å². The summed E-state index contributed by atoms with van der Waals surface area (Å²) in [6.45, 7) is 0. The average Bonchev–Trinajstić information content (AvgIpc) is 2.46. The highest BCUT2D eigenvalue weighted by Gasteiger charge is 2.63. The average molecular weight is 335 g/mol. The molecule has 0 radical (unpaired) electrons. The Morgan fingerprint density at radius 3 is 2.06 bits per heavy atom. The molecule has 1 aromatic carbocycles. The number of hydrogen-bond acceptors (Lipinski definition) is 0. The lowest BCUT2D eigenvalue weighted by Gasteiger charge is -2.25. The number of hydrogen-bond donors (Lipinski definition) is 0. The number of halogens is 8. The molecule has 2 rings (SSSR count). The van der Waals surface area contributed by atoms with Gasteiger partial charge in [0.1, 0.15) is 0 Å². The van der Waals surface area contributed by atoms with Gasteiger partial charge in [0.15, 0.2) is 23.3 Å². The van der Waals surface area contributed by atoms with Crippen molar-refractivity contribution in [2.45, 2.75) is 10.5 Å². The normalized spacial score (nSPS) is 23.6. The largest absolute Gasteiger partial charge is 0.414 e. The van der Waals surface area contributed by atoms with Gasteiger partial charge in [-0.2, -0.15) is 13.2 Å². The van der Waals surface area contributed by atoms with Crippen molar-refractivity contribution in [3.63, 3.8) is 0 Å². The molecule has 1 aliphatic carbocycles. The second-order valence-electron chi connectivity index (χ2n) is 3.57. The molecular formula is C10H2BrF7. The molecule has 0 nitrogen and oxygen atoms in total. The van der Waals surface area contributed by atoms with Gasteiger partial charge in [-0.25, -0.2) is 17.6 Å². The maximum absolute atomic E-state index is 13.4. The highest BCUT2D eigenvalue weighted by atomic mass is 79.9. The van der Waals surface area contributed by atoms with E-state index in [1.54, 1.807) is 0 Å². The van der Waals surface area contributed by atoms with Crippen LogP contribution < -0.4 is 0 Å². The highest BCUT2D eigenvalue weighted by molar-refractivity contribution is 9.09. The minimum Gasteiger partial charge on any atom is -0.206 e. The Hall–Kier alpha value is -1.05. The Balaban J connectivity index is 2.85. The van der Waals surface area contributed by atoms with Gasteiger partial charge in [0.25, 0.3) is 0 Å². The molecule has 0 bridgehead atoms. The first-order chi connectivity index (χ1) is 8.12. The van der Waals surface area contributed by atoms with Crippen molar-refractivity contribution in [3.8, 4) is 0 Å². The quantitative estimate of drug-likeness (QED) is 0.475. The minimum absolute atomic E-state index is 0.377. The van der Waals surface area contributed by atoms with Gasteiger partial charge >= 0.3 is 6.18 Å². The summed E-state index contributed by atoms with van der Waals surface area (Å²) >= 11 is 2.04. The van der Waals surface area contributed by atoms with E-state index in [2.05, 4.69) is 0 Å². The summed E-state index contributed by atoms with van der Waals surface area (Å²) in [4.78, 5) is 0. The lowest BCUT2D eigenvalue weighted by atomic mass is 9.99. The minimum atomic E-state index is -5.25. The fraction of sp³-hybridized carbons (Fsp3) is 0.200. The summed E-state index contributed by atoms with van der Waals surface area (Å²) in [5.74, 6) is -7.72. The molecule has 98 valence electrons. The molecular weight excluding hydrogens is 333 g/mol. The maximum atomic E-state index is 13.4. The van der Waals surface area contributed by atoms with Gasteiger partial charge < -0.3 is 0 Å². The van der Waals surface area contributed by atoms with Gasteiger partial charge in [-0.15, -0.1) is 0 Å². The number of rotatable bonds is 0. The lowest BCUT2D eigenvalue weighted by molar-refractivity contribution is -0.153. The van der Waals surface area contributed by atoms with Crippen LogP contribution >= 0.6 is 15.9 Å². The fourth-order valence-electron chi connectivity index (χ4n) is 1.71. The van der Waals surface area contributed by atoms with Crippen LogP contribution in [-0.2, 0) is 4.32 Å². The second kappa shape index (κ2) is 3.72. The van der Waals surface area contributed by atoms with Crippen molar-refractivity contribution >= 4 is 21.8 Å². The third kappa shape index (κ3) is 1.44. The van der Waals surface area contributed by atoms with Gasteiger partial charge in [-0.05, 0) is 11.6 Å². The summed E-state index contributed by atoms with van der Waals surface area (Å²) < 4.78 is 87.7. The van der Waals surface area contributed by atoms with Crippen LogP contribution in [-0.4, -0.2) is 6.18 Å². The maximum Gasteiger partial charge on any atom is 0.414 e. The predicted octanol–water partition coefficient (Wildman–Crippen LogP) is 4.74. The van der Waals surface area contributed by atoms with Crippen LogP contribution in [0.3, 0.4) is 0 Å². The van der Waals surface area contributed by atoms with Crippen molar-refractivity contribution < 1.29 is 30.7 Å². The molecule has 0 heterocycles. The molecule has 0 saturated heterocycles. The lowest BCUT2D eigenvalue weighted by Crippen LogP contribution is -2.36. The molecule has 0 saturated carbocycles. The van der Waals surface area contributed by atoms with E-state index < -0.39 is 44.9 Å². The molecule has 0 aliphatic heterocycles. The monoisotopic (exact) mass is 334 g/mol. The van der Waals surface area contributed by atoms with Crippen LogP contribution in [0.4, 0.5) is 30.7 Å². The van der Waals surface area contributed by atoms with Crippen molar-refractivity contribution in [1.82, 2.24) is 0 Å². The van der Waals surface area contributed by atoms with E-state index in [0.717, 1.165) is 0 Å².